The Kier molecular flexibility index (Phi) is 5.61. The highest BCUT2D eigenvalue weighted by atomic mass is 19.4. The van der Waals surface area contributed by atoms with Gasteiger partial charge in [0.05, 0.1) is 0 Å². The highest BCUT2D eigenvalue weighted by Crippen LogP contribution is 2.36. The van der Waals surface area contributed by atoms with Gasteiger partial charge in [0, 0.05) is 31.9 Å². The molecule has 1 aromatic carbocycles. The number of nitrogens with one attached hydrogen (secondary N) is 1. The summed E-state index contributed by atoms with van der Waals surface area (Å²) < 4.78 is 41.8. The van der Waals surface area contributed by atoms with E-state index in [-0.39, 0.29) is 17.2 Å². The van der Waals surface area contributed by atoms with Crippen molar-refractivity contribution in [1.29, 1.82) is 0 Å². The van der Waals surface area contributed by atoms with Gasteiger partial charge in [0.15, 0.2) is 5.65 Å². The van der Waals surface area contributed by atoms with E-state index in [9.17, 15) is 18.0 Å². The van der Waals surface area contributed by atoms with Gasteiger partial charge in [0.25, 0.3) is 0 Å². The van der Waals surface area contributed by atoms with Gasteiger partial charge in [-0.15, -0.1) is 0 Å². The summed E-state index contributed by atoms with van der Waals surface area (Å²) >= 11 is 0. The minimum atomic E-state index is -4.56. The molecule has 1 aliphatic rings. The van der Waals surface area contributed by atoms with Gasteiger partial charge in [0.2, 0.25) is 5.82 Å². The fourth-order valence-electron chi connectivity index (χ4n) is 3.87. The molecule has 0 atom stereocenters. The number of halogens is 3. The highest BCUT2D eigenvalue weighted by Gasteiger charge is 2.40. The SMILES string of the molecule is O=C(NCCc1ccccc1)N1CCC(n2c(C(F)(F)F)nc3cccnc32)CC1. The third kappa shape index (κ3) is 4.24. The molecule has 0 bridgehead atoms. The first-order valence-electron chi connectivity index (χ1n) is 9.90. The molecule has 0 aliphatic carbocycles. The van der Waals surface area contributed by atoms with Crippen molar-refractivity contribution < 1.29 is 18.0 Å². The summed E-state index contributed by atoms with van der Waals surface area (Å²) in [6, 6.07) is 12.3. The van der Waals surface area contributed by atoms with Gasteiger partial charge in [-0.1, -0.05) is 30.3 Å². The molecule has 3 heterocycles. The zero-order valence-corrected chi connectivity index (χ0v) is 16.3. The number of fused-ring (bicyclic) bond motifs is 1. The monoisotopic (exact) mass is 417 g/mol. The highest BCUT2D eigenvalue weighted by molar-refractivity contribution is 5.74. The summed E-state index contributed by atoms with van der Waals surface area (Å²) in [6.45, 7) is 1.27. The first-order chi connectivity index (χ1) is 14.4. The van der Waals surface area contributed by atoms with E-state index in [0.717, 1.165) is 12.0 Å². The number of alkyl halides is 3. The third-order valence-electron chi connectivity index (χ3n) is 5.35. The lowest BCUT2D eigenvalue weighted by atomic mass is 10.0. The predicted molar refractivity (Wildman–Crippen MR) is 106 cm³/mol. The number of hydrogen-bond donors (Lipinski definition) is 1. The number of urea groups is 1. The predicted octanol–water partition coefficient (Wildman–Crippen LogP) is 4.04. The topological polar surface area (TPSA) is 63.1 Å². The molecule has 0 radical (unpaired) electrons. The Morgan fingerprint density at radius 3 is 2.53 bits per heavy atom. The molecule has 30 heavy (non-hydrogen) atoms. The normalized spacial score (nSPS) is 15.5. The molecule has 3 aromatic rings. The standard InChI is InChI=1S/C21H22F3N5O/c22-21(23,24)19-27-17-7-4-11-25-18(17)29(19)16-9-13-28(14-10-16)20(30)26-12-8-15-5-2-1-3-6-15/h1-7,11,16H,8-10,12-14H2,(H,26,30). The molecule has 158 valence electrons. The average Bonchev–Trinajstić information content (AvgIpc) is 3.15. The second-order valence-corrected chi connectivity index (χ2v) is 7.34. The number of aromatic nitrogens is 3. The number of rotatable bonds is 4. The van der Waals surface area contributed by atoms with Gasteiger partial charge in [-0.2, -0.15) is 13.2 Å². The van der Waals surface area contributed by atoms with E-state index >= 15 is 0 Å². The number of carbonyl (C=O) groups is 1. The minimum Gasteiger partial charge on any atom is -0.338 e. The van der Waals surface area contributed by atoms with Crippen molar-refractivity contribution in [3.05, 3.63) is 60.0 Å². The van der Waals surface area contributed by atoms with Crippen molar-refractivity contribution in [2.75, 3.05) is 19.6 Å². The number of hydrogen-bond acceptors (Lipinski definition) is 3. The molecular formula is C21H22F3N5O. The number of carbonyl (C=O) groups excluding carboxylic acids is 1. The van der Waals surface area contributed by atoms with Gasteiger partial charge in [0.1, 0.15) is 5.52 Å². The van der Waals surface area contributed by atoms with E-state index in [1.54, 1.807) is 11.0 Å². The minimum absolute atomic E-state index is 0.186. The third-order valence-corrected chi connectivity index (χ3v) is 5.35. The molecule has 2 aromatic heterocycles. The van der Waals surface area contributed by atoms with Crippen LogP contribution in [-0.4, -0.2) is 45.1 Å². The van der Waals surface area contributed by atoms with E-state index in [2.05, 4.69) is 15.3 Å². The lowest BCUT2D eigenvalue weighted by Gasteiger charge is -2.33. The Morgan fingerprint density at radius 1 is 1.10 bits per heavy atom. The zero-order chi connectivity index (χ0) is 21.1. The van der Waals surface area contributed by atoms with Crippen LogP contribution in [0.1, 0.15) is 30.3 Å². The molecule has 6 nitrogen and oxygen atoms in total. The van der Waals surface area contributed by atoms with Gasteiger partial charge < -0.3 is 14.8 Å². The molecule has 9 heteroatoms. The number of amides is 2. The van der Waals surface area contributed by atoms with Crippen LogP contribution < -0.4 is 5.32 Å². The van der Waals surface area contributed by atoms with Crippen LogP contribution in [0.5, 0.6) is 0 Å². The van der Waals surface area contributed by atoms with E-state index in [1.165, 1.54) is 16.8 Å². The Hall–Kier alpha value is -3.10. The van der Waals surface area contributed by atoms with Crippen molar-refractivity contribution >= 4 is 17.2 Å². The number of benzene rings is 1. The molecule has 1 saturated heterocycles. The van der Waals surface area contributed by atoms with Crippen molar-refractivity contribution in [2.45, 2.75) is 31.5 Å². The fourth-order valence-corrected chi connectivity index (χ4v) is 3.87. The average molecular weight is 417 g/mol. The first-order valence-corrected chi connectivity index (χ1v) is 9.90. The summed E-state index contributed by atoms with van der Waals surface area (Å²) in [5.74, 6) is -0.929. The molecule has 1 aliphatic heterocycles. The lowest BCUT2D eigenvalue weighted by Crippen LogP contribution is -2.45. The van der Waals surface area contributed by atoms with Gasteiger partial charge in [-0.05, 0) is 37.0 Å². The van der Waals surface area contributed by atoms with Crippen LogP contribution in [0.4, 0.5) is 18.0 Å². The van der Waals surface area contributed by atoms with Crippen molar-refractivity contribution in [3.63, 3.8) is 0 Å². The van der Waals surface area contributed by atoms with Crippen LogP contribution in [0.3, 0.4) is 0 Å². The maximum absolute atomic E-state index is 13.5. The second kappa shape index (κ2) is 8.33. The molecule has 0 saturated carbocycles. The summed E-state index contributed by atoms with van der Waals surface area (Å²) in [5, 5.41) is 2.89. The number of piperidine rings is 1. The van der Waals surface area contributed by atoms with Crippen molar-refractivity contribution in [2.24, 2.45) is 0 Å². The van der Waals surface area contributed by atoms with Crippen LogP contribution in [0.25, 0.3) is 11.2 Å². The largest absolute Gasteiger partial charge is 0.449 e. The van der Waals surface area contributed by atoms with Crippen LogP contribution in [0, 0.1) is 0 Å². The molecule has 1 fully saturated rings. The molecule has 0 unspecified atom stereocenters. The van der Waals surface area contributed by atoms with Gasteiger partial charge >= 0.3 is 12.2 Å². The van der Waals surface area contributed by atoms with Crippen LogP contribution >= 0.6 is 0 Å². The Labute approximate surface area is 171 Å². The summed E-state index contributed by atoms with van der Waals surface area (Å²) in [4.78, 5) is 22.0. The van der Waals surface area contributed by atoms with Crippen LogP contribution in [-0.2, 0) is 12.6 Å². The second-order valence-electron chi connectivity index (χ2n) is 7.34. The number of nitrogens with zero attached hydrogens (tertiary/aromatic N) is 4. The zero-order valence-electron chi connectivity index (χ0n) is 16.3. The van der Waals surface area contributed by atoms with Crippen LogP contribution in [0.2, 0.25) is 0 Å². The smallest absolute Gasteiger partial charge is 0.338 e. The van der Waals surface area contributed by atoms with Crippen molar-refractivity contribution in [3.8, 4) is 0 Å². The Bertz CT molecular complexity index is 1010. The first kappa shape index (κ1) is 20.2. The van der Waals surface area contributed by atoms with Crippen LogP contribution in [0.15, 0.2) is 48.7 Å². The quantitative estimate of drug-likeness (QED) is 0.697. The van der Waals surface area contributed by atoms with E-state index in [4.69, 9.17) is 0 Å². The Balaban J connectivity index is 1.39. The van der Waals surface area contributed by atoms with E-state index in [1.807, 2.05) is 30.3 Å². The van der Waals surface area contributed by atoms with E-state index < -0.39 is 18.0 Å². The fraction of sp³-hybridized carbons (Fsp3) is 0.381. The number of likely N-dealkylation sites (tertiary alicyclic amines) is 1. The Morgan fingerprint density at radius 2 is 1.83 bits per heavy atom. The maximum Gasteiger partial charge on any atom is 0.449 e. The molecule has 1 N–H and O–H groups in total. The summed E-state index contributed by atoms with van der Waals surface area (Å²) in [7, 11) is 0. The molecule has 0 spiro atoms. The molecular weight excluding hydrogens is 395 g/mol. The summed E-state index contributed by atoms with van der Waals surface area (Å²) in [6.07, 6.45) is -1.54. The molecule has 4 rings (SSSR count). The van der Waals surface area contributed by atoms with E-state index in [0.29, 0.717) is 32.5 Å². The maximum atomic E-state index is 13.5. The summed E-state index contributed by atoms with van der Waals surface area (Å²) in [5.41, 5.74) is 1.59. The number of imidazole rings is 1. The molecule has 2 amide bonds. The number of pyridine rings is 1. The lowest BCUT2D eigenvalue weighted by molar-refractivity contribution is -0.147. The van der Waals surface area contributed by atoms with Crippen molar-refractivity contribution in [1.82, 2.24) is 24.8 Å². The van der Waals surface area contributed by atoms with Gasteiger partial charge in [-0.3, -0.25) is 0 Å². The van der Waals surface area contributed by atoms with Gasteiger partial charge in [-0.25, -0.2) is 14.8 Å².